The number of hydrogen-bond donors (Lipinski definition) is 1. The summed E-state index contributed by atoms with van der Waals surface area (Å²) in [5.41, 5.74) is 5.43. The molecular weight excluding hydrogens is 176 g/mol. The van der Waals surface area contributed by atoms with Gasteiger partial charge in [-0.25, -0.2) is 0 Å². The first kappa shape index (κ1) is 13.9. The van der Waals surface area contributed by atoms with E-state index in [1.54, 1.807) is 0 Å². The second kappa shape index (κ2) is 9.44. The first-order valence-corrected chi connectivity index (χ1v) is 5.63. The van der Waals surface area contributed by atoms with Gasteiger partial charge in [0.2, 0.25) is 0 Å². The highest BCUT2D eigenvalue weighted by Crippen LogP contribution is 1.98. The van der Waals surface area contributed by atoms with Crippen LogP contribution >= 0.6 is 0 Å². The minimum Gasteiger partial charge on any atom is -0.380 e. The maximum atomic E-state index is 5.52. The van der Waals surface area contributed by atoms with Crippen LogP contribution in [0.4, 0.5) is 0 Å². The third-order valence-corrected chi connectivity index (χ3v) is 2.20. The van der Waals surface area contributed by atoms with E-state index in [9.17, 15) is 0 Å². The van der Waals surface area contributed by atoms with Crippen LogP contribution in [0.25, 0.3) is 0 Å². The number of likely N-dealkylation sites (N-methyl/N-ethyl adjacent to an activating group) is 1. The number of ether oxygens (including phenoxy) is 1. The first-order valence-electron chi connectivity index (χ1n) is 5.63. The van der Waals surface area contributed by atoms with Crippen LogP contribution in [-0.4, -0.2) is 44.8 Å². The second-order valence-corrected chi connectivity index (χ2v) is 4.24. The Balaban J connectivity index is 3.10. The molecule has 3 heteroatoms. The predicted molar refractivity (Wildman–Crippen MR) is 61.4 cm³/mol. The van der Waals surface area contributed by atoms with Crippen molar-refractivity contribution in [3.05, 3.63) is 0 Å². The molecule has 0 bridgehead atoms. The second-order valence-electron chi connectivity index (χ2n) is 4.24. The topological polar surface area (TPSA) is 38.5 Å². The van der Waals surface area contributed by atoms with Crippen molar-refractivity contribution in [2.75, 3.05) is 39.9 Å². The molecule has 0 saturated carbocycles. The average molecular weight is 202 g/mol. The summed E-state index contributed by atoms with van der Waals surface area (Å²) in [6.07, 6.45) is 2.23. The van der Waals surface area contributed by atoms with Crippen LogP contribution in [0.2, 0.25) is 0 Å². The van der Waals surface area contributed by atoms with Crippen molar-refractivity contribution >= 4 is 0 Å². The van der Waals surface area contributed by atoms with Crippen molar-refractivity contribution in [2.24, 2.45) is 11.7 Å². The number of nitrogens with two attached hydrogens (primary N) is 1. The van der Waals surface area contributed by atoms with Crippen molar-refractivity contribution in [2.45, 2.75) is 26.7 Å². The summed E-state index contributed by atoms with van der Waals surface area (Å²) < 4.78 is 5.52. The normalized spacial score (nSPS) is 11.6. The van der Waals surface area contributed by atoms with E-state index >= 15 is 0 Å². The molecule has 0 aromatic rings. The van der Waals surface area contributed by atoms with Gasteiger partial charge in [-0.1, -0.05) is 13.8 Å². The van der Waals surface area contributed by atoms with Gasteiger partial charge < -0.3 is 15.4 Å². The van der Waals surface area contributed by atoms with E-state index in [0.29, 0.717) is 0 Å². The molecule has 0 fully saturated rings. The molecule has 0 aromatic heterocycles. The zero-order valence-electron chi connectivity index (χ0n) is 9.96. The zero-order chi connectivity index (χ0) is 10.8. The van der Waals surface area contributed by atoms with Gasteiger partial charge >= 0.3 is 0 Å². The number of hydrogen-bond acceptors (Lipinski definition) is 3. The molecular formula is C11H26N2O. The van der Waals surface area contributed by atoms with Gasteiger partial charge in [-0.3, -0.25) is 0 Å². The molecule has 2 N–H and O–H groups in total. The summed E-state index contributed by atoms with van der Waals surface area (Å²) in [5, 5.41) is 0. The van der Waals surface area contributed by atoms with E-state index in [2.05, 4.69) is 25.8 Å². The van der Waals surface area contributed by atoms with Gasteiger partial charge in [-0.2, -0.15) is 0 Å². The highest BCUT2D eigenvalue weighted by molar-refractivity contribution is 4.51. The lowest BCUT2D eigenvalue weighted by atomic mass is 10.1. The van der Waals surface area contributed by atoms with Crippen molar-refractivity contribution in [3.63, 3.8) is 0 Å². The summed E-state index contributed by atoms with van der Waals surface area (Å²) in [5.74, 6) is 0.741. The van der Waals surface area contributed by atoms with E-state index in [4.69, 9.17) is 10.5 Å². The highest BCUT2D eigenvalue weighted by Gasteiger charge is 1.98. The number of nitrogens with zero attached hydrogens (tertiary/aromatic N) is 1. The molecule has 0 amide bonds. The monoisotopic (exact) mass is 202 g/mol. The van der Waals surface area contributed by atoms with Gasteiger partial charge in [0, 0.05) is 13.2 Å². The minimum atomic E-state index is 0.741. The van der Waals surface area contributed by atoms with Gasteiger partial charge in [0.05, 0.1) is 6.61 Å². The minimum absolute atomic E-state index is 0.741. The summed E-state index contributed by atoms with van der Waals surface area (Å²) in [6, 6.07) is 0. The third kappa shape index (κ3) is 9.96. The van der Waals surface area contributed by atoms with Crippen LogP contribution in [0.1, 0.15) is 26.7 Å². The van der Waals surface area contributed by atoms with Crippen molar-refractivity contribution < 1.29 is 4.74 Å². The Kier molecular flexibility index (Phi) is 9.35. The molecule has 0 aliphatic heterocycles. The van der Waals surface area contributed by atoms with Crippen molar-refractivity contribution in [1.29, 1.82) is 0 Å². The van der Waals surface area contributed by atoms with Crippen LogP contribution in [0.3, 0.4) is 0 Å². The Morgan fingerprint density at radius 1 is 1.21 bits per heavy atom. The Morgan fingerprint density at radius 2 is 1.93 bits per heavy atom. The smallest absolute Gasteiger partial charge is 0.0593 e. The first-order chi connectivity index (χ1) is 6.66. The maximum Gasteiger partial charge on any atom is 0.0593 e. The van der Waals surface area contributed by atoms with E-state index in [0.717, 1.165) is 51.6 Å². The lowest BCUT2D eigenvalue weighted by Crippen LogP contribution is -2.26. The maximum absolute atomic E-state index is 5.52. The SMILES string of the molecule is CC(C)CCOCCN(C)CCCN. The van der Waals surface area contributed by atoms with Gasteiger partial charge in [-0.15, -0.1) is 0 Å². The van der Waals surface area contributed by atoms with E-state index < -0.39 is 0 Å². The lowest BCUT2D eigenvalue weighted by molar-refractivity contribution is 0.103. The molecule has 0 aliphatic rings. The van der Waals surface area contributed by atoms with Gasteiger partial charge in [0.1, 0.15) is 0 Å². The molecule has 14 heavy (non-hydrogen) atoms. The highest BCUT2D eigenvalue weighted by atomic mass is 16.5. The summed E-state index contributed by atoms with van der Waals surface area (Å²) >= 11 is 0. The fourth-order valence-corrected chi connectivity index (χ4v) is 1.11. The standard InChI is InChI=1S/C11H26N2O/c1-11(2)5-9-14-10-8-13(3)7-4-6-12/h11H,4-10,12H2,1-3H3. The largest absolute Gasteiger partial charge is 0.380 e. The summed E-state index contributed by atoms with van der Waals surface area (Å²) in [4.78, 5) is 2.27. The fraction of sp³-hybridized carbons (Fsp3) is 1.00. The Bertz CT molecular complexity index is 118. The molecule has 3 nitrogen and oxygen atoms in total. The molecule has 0 rings (SSSR count). The molecule has 0 aliphatic carbocycles. The Hall–Kier alpha value is -0.120. The molecule has 86 valence electrons. The van der Waals surface area contributed by atoms with Crippen molar-refractivity contribution in [1.82, 2.24) is 4.90 Å². The molecule has 0 radical (unpaired) electrons. The van der Waals surface area contributed by atoms with Gasteiger partial charge in [-0.05, 0) is 38.9 Å². The lowest BCUT2D eigenvalue weighted by Gasteiger charge is -2.16. The predicted octanol–water partition coefficient (Wildman–Crippen LogP) is 1.33. The van der Waals surface area contributed by atoms with E-state index in [1.807, 2.05) is 0 Å². The molecule has 0 saturated heterocycles. The number of rotatable bonds is 9. The van der Waals surface area contributed by atoms with Gasteiger partial charge in [0.15, 0.2) is 0 Å². The van der Waals surface area contributed by atoms with Crippen LogP contribution in [0, 0.1) is 5.92 Å². The van der Waals surface area contributed by atoms with E-state index in [1.165, 1.54) is 0 Å². The fourth-order valence-electron chi connectivity index (χ4n) is 1.11. The third-order valence-electron chi connectivity index (χ3n) is 2.20. The Labute approximate surface area is 88.6 Å². The van der Waals surface area contributed by atoms with Crippen LogP contribution < -0.4 is 5.73 Å². The van der Waals surface area contributed by atoms with Crippen LogP contribution in [0.15, 0.2) is 0 Å². The van der Waals surface area contributed by atoms with Crippen LogP contribution in [0.5, 0.6) is 0 Å². The van der Waals surface area contributed by atoms with Crippen LogP contribution in [-0.2, 0) is 4.74 Å². The van der Waals surface area contributed by atoms with Gasteiger partial charge in [0.25, 0.3) is 0 Å². The van der Waals surface area contributed by atoms with Crippen molar-refractivity contribution in [3.8, 4) is 0 Å². The molecule has 0 aromatic carbocycles. The van der Waals surface area contributed by atoms with E-state index in [-0.39, 0.29) is 0 Å². The average Bonchev–Trinajstić information content (AvgIpc) is 2.13. The molecule has 0 atom stereocenters. The summed E-state index contributed by atoms with van der Waals surface area (Å²) in [7, 11) is 2.11. The molecule has 0 spiro atoms. The Morgan fingerprint density at radius 3 is 2.50 bits per heavy atom. The molecule has 0 heterocycles. The summed E-state index contributed by atoms with van der Waals surface area (Å²) in [6.45, 7) is 9.03. The quantitative estimate of drug-likeness (QED) is 0.573. The zero-order valence-corrected chi connectivity index (χ0v) is 9.96. The molecule has 0 unspecified atom stereocenters.